The number of aryl methyl sites for hydroxylation is 1. The number of halogens is 3. The molecule has 5 rings (SSSR count). The lowest BCUT2D eigenvalue weighted by Gasteiger charge is -2.34. The second-order valence-corrected chi connectivity index (χ2v) is 9.72. The molecule has 9 heteroatoms. The average Bonchev–Trinajstić information content (AvgIpc) is 3.16. The highest BCUT2D eigenvalue weighted by atomic mass is 35.5. The molecule has 6 nitrogen and oxygen atoms in total. The summed E-state index contributed by atoms with van der Waals surface area (Å²) < 4.78 is 15.3. The molecular formula is C25H23Cl2FN4O2. The van der Waals surface area contributed by atoms with E-state index < -0.39 is 0 Å². The number of carbonyl (C=O) groups is 2. The van der Waals surface area contributed by atoms with Crippen LogP contribution in [-0.2, 0) is 26.1 Å². The average molecular weight is 501 g/mol. The minimum Gasteiger partial charge on any atom is -0.331 e. The van der Waals surface area contributed by atoms with E-state index in [-0.39, 0.29) is 23.7 Å². The molecule has 0 fully saturated rings. The Labute approximate surface area is 206 Å². The molecule has 2 aromatic carbocycles. The van der Waals surface area contributed by atoms with Crippen molar-refractivity contribution in [1.82, 2.24) is 19.6 Å². The van der Waals surface area contributed by atoms with Gasteiger partial charge in [-0.1, -0.05) is 29.3 Å². The first-order valence-electron chi connectivity index (χ1n) is 11.1. The van der Waals surface area contributed by atoms with Crippen molar-refractivity contribution >= 4 is 35.0 Å². The van der Waals surface area contributed by atoms with Crippen LogP contribution in [0, 0.1) is 12.7 Å². The summed E-state index contributed by atoms with van der Waals surface area (Å²) in [6, 6.07) is 9.36. The van der Waals surface area contributed by atoms with Crippen molar-refractivity contribution in [2.45, 2.75) is 45.9 Å². The van der Waals surface area contributed by atoms with Gasteiger partial charge in [0.25, 0.3) is 11.8 Å². The highest BCUT2D eigenvalue weighted by Gasteiger charge is 2.37. The summed E-state index contributed by atoms with van der Waals surface area (Å²) in [6.45, 7) is 5.59. The SMILES string of the molecule is Cc1cc(F)ccc1CN1CCn2nc3c(c2C1=O)CN(C(=O)c1ccc(Cl)c(Cl)c1)[C@H](C)C3. The third-order valence-electron chi connectivity index (χ3n) is 6.65. The lowest BCUT2D eigenvalue weighted by molar-refractivity contribution is 0.0637. The fourth-order valence-corrected chi connectivity index (χ4v) is 5.02. The molecule has 1 aromatic heterocycles. The van der Waals surface area contributed by atoms with Gasteiger partial charge in [-0.3, -0.25) is 14.3 Å². The molecule has 3 heterocycles. The molecular weight excluding hydrogens is 478 g/mol. The molecule has 1 atom stereocenters. The molecule has 0 bridgehead atoms. The van der Waals surface area contributed by atoms with E-state index in [9.17, 15) is 14.0 Å². The Balaban J connectivity index is 1.43. The van der Waals surface area contributed by atoms with Crippen LogP contribution >= 0.6 is 23.2 Å². The summed E-state index contributed by atoms with van der Waals surface area (Å²) in [6.07, 6.45) is 0.562. The number of hydrogen-bond donors (Lipinski definition) is 0. The van der Waals surface area contributed by atoms with Crippen LogP contribution in [0.5, 0.6) is 0 Å². The first kappa shape index (κ1) is 22.9. The van der Waals surface area contributed by atoms with Crippen LogP contribution in [0.4, 0.5) is 4.39 Å². The minimum atomic E-state index is -0.292. The smallest absolute Gasteiger partial charge is 0.272 e. The Hall–Kier alpha value is -2.90. The normalized spacial score (nSPS) is 17.6. The van der Waals surface area contributed by atoms with Gasteiger partial charge in [0, 0.05) is 36.7 Å². The predicted octanol–water partition coefficient (Wildman–Crippen LogP) is 4.88. The standard InChI is InChI=1S/C25H23Cl2FN4O2/c1-14-9-18(28)5-3-17(14)12-30-7-8-32-23(25(30)34)19-13-31(15(2)10-22(19)29-32)24(33)16-4-6-20(26)21(27)11-16/h3-6,9,11,15H,7-8,10,12-13H2,1-2H3/t15-/m1/s1. The van der Waals surface area contributed by atoms with E-state index >= 15 is 0 Å². The molecule has 34 heavy (non-hydrogen) atoms. The van der Waals surface area contributed by atoms with Gasteiger partial charge in [-0.15, -0.1) is 0 Å². The van der Waals surface area contributed by atoms with Crippen molar-refractivity contribution < 1.29 is 14.0 Å². The van der Waals surface area contributed by atoms with E-state index in [1.807, 2.05) is 13.8 Å². The maximum atomic E-state index is 13.5. The van der Waals surface area contributed by atoms with Gasteiger partial charge < -0.3 is 9.80 Å². The van der Waals surface area contributed by atoms with Crippen molar-refractivity contribution in [1.29, 1.82) is 0 Å². The Bertz CT molecular complexity index is 1320. The molecule has 0 unspecified atom stereocenters. The molecule has 0 radical (unpaired) electrons. The molecule has 2 aliphatic rings. The summed E-state index contributed by atoms with van der Waals surface area (Å²) >= 11 is 12.1. The maximum Gasteiger partial charge on any atom is 0.272 e. The molecule has 176 valence electrons. The second kappa shape index (κ2) is 8.71. The van der Waals surface area contributed by atoms with E-state index in [4.69, 9.17) is 28.3 Å². The first-order chi connectivity index (χ1) is 16.2. The Morgan fingerprint density at radius 2 is 1.94 bits per heavy atom. The van der Waals surface area contributed by atoms with Crippen molar-refractivity contribution in [3.05, 3.63) is 85.9 Å². The molecule has 0 saturated heterocycles. The summed E-state index contributed by atoms with van der Waals surface area (Å²) in [5, 5.41) is 5.41. The number of carbonyl (C=O) groups excluding carboxylic acids is 2. The molecule has 2 aliphatic heterocycles. The van der Waals surface area contributed by atoms with E-state index in [0.717, 1.165) is 22.4 Å². The van der Waals surface area contributed by atoms with Crippen LogP contribution in [0.2, 0.25) is 10.0 Å². The topological polar surface area (TPSA) is 58.4 Å². The number of aromatic nitrogens is 2. The van der Waals surface area contributed by atoms with Crippen LogP contribution in [0.25, 0.3) is 0 Å². The van der Waals surface area contributed by atoms with Gasteiger partial charge in [-0.25, -0.2) is 4.39 Å². The Kier molecular flexibility index (Phi) is 5.86. The van der Waals surface area contributed by atoms with Crippen LogP contribution in [-0.4, -0.2) is 44.0 Å². The summed E-state index contributed by atoms with van der Waals surface area (Å²) in [5.74, 6) is -0.585. The molecule has 0 spiro atoms. The number of amides is 2. The van der Waals surface area contributed by atoms with Crippen molar-refractivity contribution in [3.8, 4) is 0 Å². The van der Waals surface area contributed by atoms with Crippen LogP contribution in [0.15, 0.2) is 36.4 Å². The van der Waals surface area contributed by atoms with Gasteiger partial charge in [-0.2, -0.15) is 5.10 Å². The number of rotatable bonds is 3. The lowest BCUT2D eigenvalue weighted by atomic mass is 9.97. The second-order valence-electron chi connectivity index (χ2n) is 8.91. The van der Waals surface area contributed by atoms with Gasteiger partial charge in [0.15, 0.2) is 0 Å². The number of benzene rings is 2. The third kappa shape index (κ3) is 3.97. The van der Waals surface area contributed by atoms with Gasteiger partial charge >= 0.3 is 0 Å². The fourth-order valence-electron chi connectivity index (χ4n) is 4.72. The molecule has 0 N–H and O–H groups in total. The van der Waals surface area contributed by atoms with Crippen molar-refractivity contribution in [2.24, 2.45) is 0 Å². The van der Waals surface area contributed by atoms with Crippen LogP contribution in [0.1, 0.15) is 50.2 Å². The van der Waals surface area contributed by atoms with E-state index in [2.05, 4.69) is 0 Å². The molecule has 3 aromatic rings. The van der Waals surface area contributed by atoms with Crippen LogP contribution in [0.3, 0.4) is 0 Å². The Morgan fingerprint density at radius 3 is 2.68 bits per heavy atom. The van der Waals surface area contributed by atoms with Gasteiger partial charge in [0.05, 0.1) is 28.8 Å². The van der Waals surface area contributed by atoms with Gasteiger partial charge in [0.1, 0.15) is 11.5 Å². The maximum absolute atomic E-state index is 13.5. The number of fused-ring (bicyclic) bond motifs is 3. The zero-order chi connectivity index (χ0) is 24.1. The third-order valence-corrected chi connectivity index (χ3v) is 7.39. The minimum absolute atomic E-state index is 0.0838. The van der Waals surface area contributed by atoms with E-state index in [1.54, 1.807) is 38.7 Å². The quantitative estimate of drug-likeness (QED) is 0.514. The highest BCUT2D eigenvalue weighted by molar-refractivity contribution is 6.42. The summed E-state index contributed by atoms with van der Waals surface area (Å²) in [5.41, 5.74) is 4.33. The lowest BCUT2D eigenvalue weighted by Crippen LogP contribution is -2.44. The molecule has 2 amide bonds. The number of hydrogen-bond acceptors (Lipinski definition) is 3. The Morgan fingerprint density at radius 1 is 1.15 bits per heavy atom. The first-order valence-corrected chi connectivity index (χ1v) is 11.9. The predicted molar refractivity (Wildman–Crippen MR) is 128 cm³/mol. The number of nitrogens with zero attached hydrogens (tertiary/aromatic N) is 4. The summed E-state index contributed by atoms with van der Waals surface area (Å²) in [4.78, 5) is 30.3. The fraction of sp³-hybridized carbons (Fsp3) is 0.320. The van der Waals surface area contributed by atoms with E-state index in [0.29, 0.717) is 53.9 Å². The van der Waals surface area contributed by atoms with Crippen molar-refractivity contribution in [3.63, 3.8) is 0 Å². The molecule has 0 aliphatic carbocycles. The van der Waals surface area contributed by atoms with Gasteiger partial charge in [-0.05, 0) is 55.3 Å². The zero-order valence-corrected chi connectivity index (χ0v) is 20.3. The zero-order valence-electron chi connectivity index (χ0n) is 18.8. The van der Waals surface area contributed by atoms with Gasteiger partial charge in [0.2, 0.25) is 0 Å². The monoisotopic (exact) mass is 500 g/mol. The van der Waals surface area contributed by atoms with E-state index in [1.165, 1.54) is 12.1 Å². The summed E-state index contributed by atoms with van der Waals surface area (Å²) in [7, 11) is 0. The highest BCUT2D eigenvalue weighted by Crippen LogP contribution is 2.31. The van der Waals surface area contributed by atoms with Crippen molar-refractivity contribution in [2.75, 3.05) is 6.54 Å². The van der Waals surface area contributed by atoms with Crippen LogP contribution < -0.4 is 0 Å². The molecule has 0 saturated carbocycles. The largest absolute Gasteiger partial charge is 0.331 e.